The number of hydrogen-bond acceptors (Lipinski definition) is 2. The molecule has 0 saturated carbocycles. The van der Waals surface area contributed by atoms with Crippen LogP contribution in [0.2, 0.25) is 0 Å². The summed E-state index contributed by atoms with van der Waals surface area (Å²) >= 11 is 0. The fourth-order valence-electron chi connectivity index (χ4n) is 0. The van der Waals surface area contributed by atoms with E-state index in [-0.39, 0.29) is 65.1 Å². The summed E-state index contributed by atoms with van der Waals surface area (Å²) in [6.45, 7) is 0. The SMILES string of the molecule is COP(=O)(O)O.[Fe].[H-].[Mn].[Na+]. The normalized spacial score (nSPS) is 7.89. The quantitative estimate of drug-likeness (QED) is 0.379. The van der Waals surface area contributed by atoms with Gasteiger partial charge < -0.3 is 11.2 Å². The van der Waals surface area contributed by atoms with Crippen molar-refractivity contribution in [2.24, 2.45) is 0 Å². The molecule has 0 amide bonds. The van der Waals surface area contributed by atoms with Crippen LogP contribution in [0.4, 0.5) is 0 Å². The van der Waals surface area contributed by atoms with Crippen molar-refractivity contribution in [3.05, 3.63) is 0 Å². The van der Waals surface area contributed by atoms with Crippen molar-refractivity contribution < 1.29 is 84.0 Å². The Kier molecular flexibility index (Phi) is 25.3. The number of phosphoric acid groups is 1. The van der Waals surface area contributed by atoms with Gasteiger partial charge in [0.15, 0.2) is 0 Å². The maximum absolute atomic E-state index is 9.47. The van der Waals surface area contributed by atoms with Crippen LogP contribution < -0.4 is 29.6 Å². The molecule has 0 unspecified atom stereocenters. The second-order valence-electron chi connectivity index (χ2n) is 0.673. The molecule has 0 spiro atoms. The molecule has 8 heteroatoms. The fourth-order valence-corrected chi connectivity index (χ4v) is 0. The average molecular weight is 247 g/mol. The summed E-state index contributed by atoms with van der Waals surface area (Å²) < 4.78 is 13.1. The predicted molar refractivity (Wildman–Crippen MR) is 20.2 cm³/mol. The van der Waals surface area contributed by atoms with Crippen LogP contribution >= 0.6 is 7.82 Å². The zero-order valence-corrected chi connectivity index (χ0v) is 10.1. The number of phosphoric ester groups is 1. The minimum Gasteiger partial charge on any atom is -1.00 e. The van der Waals surface area contributed by atoms with E-state index in [2.05, 4.69) is 4.52 Å². The molecule has 55 valence electrons. The second-order valence-corrected chi connectivity index (χ2v) is 2.02. The van der Waals surface area contributed by atoms with E-state index < -0.39 is 7.82 Å². The first-order chi connectivity index (χ1) is 2.56. The van der Waals surface area contributed by atoms with Gasteiger partial charge in [0.2, 0.25) is 0 Å². The largest absolute Gasteiger partial charge is 1.00 e. The van der Waals surface area contributed by atoms with Gasteiger partial charge in [-0.1, -0.05) is 0 Å². The van der Waals surface area contributed by atoms with Gasteiger partial charge in [0.05, 0.1) is 0 Å². The van der Waals surface area contributed by atoms with Crippen LogP contribution in [0.5, 0.6) is 0 Å². The van der Waals surface area contributed by atoms with E-state index in [1.165, 1.54) is 0 Å². The second kappa shape index (κ2) is 10.1. The molecule has 0 aromatic rings. The topological polar surface area (TPSA) is 66.8 Å². The molecule has 4 nitrogen and oxygen atoms in total. The Labute approximate surface area is 98.1 Å². The van der Waals surface area contributed by atoms with Crippen molar-refractivity contribution in [2.45, 2.75) is 0 Å². The zero-order chi connectivity index (χ0) is 5.21. The monoisotopic (exact) mass is 247 g/mol. The molecule has 9 heavy (non-hydrogen) atoms. The minimum absolute atomic E-state index is 0. The van der Waals surface area contributed by atoms with E-state index >= 15 is 0 Å². The van der Waals surface area contributed by atoms with Gasteiger partial charge in [0.1, 0.15) is 0 Å². The number of hydrogen-bond donors (Lipinski definition) is 2. The van der Waals surface area contributed by atoms with Gasteiger partial charge in [-0.2, -0.15) is 0 Å². The van der Waals surface area contributed by atoms with Crippen LogP contribution in [0.25, 0.3) is 0 Å². The summed E-state index contributed by atoms with van der Waals surface area (Å²) in [6.07, 6.45) is 0. The predicted octanol–water partition coefficient (Wildman–Crippen LogP) is -3.16. The summed E-state index contributed by atoms with van der Waals surface area (Å²) in [4.78, 5) is 15.4. The molecular weight excluding hydrogens is 241 g/mol. The van der Waals surface area contributed by atoms with Crippen LogP contribution in [0, 0.1) is 0 Å². The maximum Gasteiger partial charge on any atom is 1.00 e. The van der Waals surface area contributed by atoms with Crippen LogP contribution in [-0.2, 0) is 43.2 Å². The third kappa shape index (κ3) is 25.4. The zero-order valence-electron chi connectivity index (χ0n) is 5.89. The molecule has 0 aliphatic carbocycles. The first-order valence-corrected chi connectivity index (χ1v) is 2.70. The van der Waals surface area contributed by atoms with Gasteiger partial charge in [0.25, 0.3) is 0 Å². The van der Waals surface area contributed by atoms with Crippen LogP contribution in [0.3, 0.4) is 0 Å². The van der Waals surface area contributed by atoms with Gasteiger partial charge in [0, 0.05) is 41.2 Å². The molecule has 0 aromatic heterocycles. The first-order valence-electron chi connectivity index (χ1n) is 1.17. The van der Waals surface area contributed by atoms with E-state index in [4.69, 9.17) is 9.79 Å². The van der Waals surface area contributed by atoms with Gasteiger partial charge >= 0.3 is 37.4 Å². The van der Waals surface area contributed by atoms with Crippen LogP contribution in [0.1, 0.15) is 1.43 Å². The average Bonchev–Trinajstić information content (AvgIpc) is 1.35. The Bertz CT molecular complexity index is 89.3. The van der Waals surface area contributed by atoms with Gasteiger partial charge in [-0.15, -0.1) is 0 Å². The summed E-state index contributed by atoms with van der Waals surface area (Å²) in [5.41, 5.74) is 0. The van der Waals surface area contributed by atoms with Gasteiger partial charge in [-0.25, -0.2) is 4.57 Å². The Morgan fingerprint density at radius 2 is 1.67 bits per heavy atom. The third-order valence-electron chi connectivity index (χ3n) is 0.238. The van der Waals surface area contributed by atoms with E-state index in [0.717, 1.165) is 7.11 Å². The molecule has 0 aliphatic rings. The molecule has 0 fully saturated rings. The van der Waals surface area contributed by atoms with Crippen molar-refractivity contribution in [2.75, 3.05) is 7.11 Å². The summed E-state index contributed by atoms with van der Waals surface area (Å²) in [5, 5.41) is 0. The molecule has 0 heterocycles. The van der Waals surface area contributed by atoms with Gasteiger partial charge in [-0.3, -0.25) is 4.52 Å². The van der Waals surface area contributed by atoms with E-state index in [0.29, 0.717) is 0 Å². The Morgan fingerprint density at radius 1 is 1.56 bits per heavy atom. The van der Waals surface area contributed by atoms with Crippen molar-refractivity contribution in [1.29, 1.82) is 0 Å². The molecule has 0 saturated heterocycles. The Hall–Kier alpha value is 2.15. The smallest absolute Gasteiger partial charge is 1.00 e. The minimum atomic E-state index is -4.15. The van der Waals surface area contributed by atoms with Crippen molar-refractivity contribution >= 4 is 7.82 Å². The summed E-state index contributed by atoms with van der Waals surface area (Å²) in [5.74, 6) is 0. The van der Waals surface area contributed by atoms with E-state index in [1.807, 2.05) is 0 Å². The van der Waals surface area contributed by atoms with Crippen molar-refractivity contribution in [3.8, 4) is 0 Å². The summed E-state index contributed by atoms with van der Waals surface area (Å²) in [6, 6.07) is 0. The van der Waals surface area contributed by atoms with E-state index in [1.54, 1.807) is 0 Å². The Morgan fingerprint density at radius 3 is 1.67 bits per heavy atom. The molecule has 0 bridgehead atoms. The molecule has 0 rings (SSSR count). The molecule has 0 aromatic carbocycles. The fraction of sp³-hybridized carbons (Fsp3) is 1.00. The molecule has 1 radical (unpaired) electrons. The van der Waals surface area contributed by atoms with Gasteiger partial charge in [-0.05, 0) is 0 Å². The molecular formula is CH6FeMnNaO4P. The molecule has 0 atom stereocenters. The number of rotatable bonds is 1. The third-order valence-corrected chi connectivity index (χ3v) is 0.714. The standard InChI is InChI=1S/CH5O4P.Fe.Mn.Na.H/c1-5-6(2,3)4;;;;/h1H3,(H2,2,3,4);;;;/q;;;+1;-1. The molecule has 0 aliphatic heterocycles. The van der Waals surface area contributed by atoms with Crippen molar-refractivity contribution in [1.82, 2.24) is 0 Å². The van der Waals surface area contributed by atoms with Crippen LogP contribution in [-0.4, -0.2) is 16.9 Å². The van der Waals surface area contributed by atoms with Crippen molar-refractivity contribution in [3.63, 3.8) is 0 Å². The van der Waals surface area contributed by atoms with Crippen LogP contribution in [0.15, 0.2) is 0 Å². The Balaban J connectivity index is -0.0000000208. The maximum atomic E-state index is 9.47. The van der Waals surface area contributed by atoms with E-state index in [9.17, 15) is 4.57 Å². The summed E-state index contributed by atoms with van der Waals surface area (Å²) in [7, 11) is -3.20. The molecule has 2 N–H and O–H groups in total. The first kappa shape index (κ1) is 22.5.